The molecule has 0 unspecified atom stereocenters. The second-order valence-corrected chi connectivity index (χ2v) is 7.31. The molecule has 5 heteroatoms. The van der Waals surface area contributed by atoms with Crippen molar-refractivity contribution in [3.8, 4) is 5.75 Å². The minimum atomic E-state index is -0.157. The third kappa shape index (κ3) is 5.02. The van der Waals surface area contributed by atoms with Crippen LogP contribution in [0.4, 0.5) is 5.69 Å². The van der Waals surface area contributed by atoms with Crippen molar-refractivity contribution in [2.24, 2.45) is 0 Å². The first-order valence-corrected chi connectivity index (χ1v) is 9.82. The molecule has 0 heterocycles. The van der Waals surface area contributed by atoms with Gasteiger partial charge in [0.2, 0.25) is 0 Å². The molecule has 3 aromatic carbocycles. The molecule has 0 saturated carbocycles. The molecule has 142 valence electrons. The largest absolute Gasteiger partial charge is 0.496 e. The number of hydrogen-bond donors (Lipinski definition) is 1. The first-order valence-electron chi connectivity index (χ1n) is 8.84. The molecule has 4 nitrogen and oxygen atoms in total. The summed E-state index contributed by atoms with van der Waals surface area (Å²) in [7, 11) is 1.56. The van der Waals surface area contributed by atoms with E-state index in [9.17, 15) is 9.59 Å². The van der Waals surface area contributed by atoms with E-state index in [0.29, 0.717) is 22.6 Å². The molecule has 0 fully saturated rings. The SMILES string of the molecule is COc1ccccc1C(=O)CSc1cccc(NC(=O)c2cccc(C)c2)c1. The number of anilines is 1. The van der Waals surface area contributed by atoms with E-state index >= 15 is 0 Å². The smallest absolute Gasteiger partial charge is 0.255 e. The summed E-state index contributed by atoms with van der Waals surface area (Å²) < 4.78 is 5.25. The molecule has 0 aliphatic rings. The second kappa shape index (κ2) is 9.24. The molecule has 0 radical (unpaired) electrons. The zero-order valence-electron chi connectivity index (χ0n) is 15.8. The van der Waals surface area contributed by atoms with E-state index in [1.54, 1.807) is 25.3 Å². The summed E-state index contributed by atoms with van der Waals surface area (Å²) in [5.41, 5.74) is 2.92. The highest BCUT2D eigenvalue weighted by atomic mass is 32.2. The van der Waals surface area contributed by atoms with Crippen molar-refractivity contribution in [1.82, 2.24) is 0 Å². The van der Waals surface area contributed by atoms with Gasteiger partial charge in [-0.05, 0) is 49.4 Å². The van der Waals surface area contributed by atoms with E-state index in [2.05, 4.69) is 5.32 Å². The number of carbonyl (C=O) groups excluding carboxylic acids is 2. The first-order chi connectivity index (χ1) is 13.6. The van der Waals surface area contributed by atoms with E-state index in [4.69, 9.17) is 4.74 Å². The first kappa shape index (κ1) is 19.7. The number of amides is 1. The summed E-state index contributed by atoms with van der Waals surface area (Å²) in [6.07, 6.45) is 0. The van der Waals surface area contributed by atoms with Gasteiger partial charge < -0.3 is 10.1 Å². The number of methoxy groups -OCH3 is 1. The van der Waals surface area contributed by atoms with Crippen molar-refractivity contribution in [3.05, 3.63) is 89.5 Å². The number of ether oxygens (including phenoxy) is 1. The van der Waals surface area contributed by atoms with Gasteiger partial charge in [0.05, 0.1) is 18.4 Å². The molecule has 0 bridgehead atoms. The Labute approximate surface area is 168 Å². The van der Waals surface area contributed by atoms with Gasteiger partial charge in [0.25, 0.3) is 5.91 Å². The highest BCUT2D eigenvalue weighted by Gasteiger charge is 2.12. The van der Waals surface area contributed by atoms with Crippen LogP contribution in [0.5, 0.6) is 5.75 Å². The molecular weight excluding hydrogens is 370 g/mol. The Morgan fingerprint density at radius 3 is 2.54 bits per heavy atom. The van der Waals surface area contributed by atoms with Crippen LogP contribution in [0, 0.1) is 6.92 Å². The van der Waals surface area contributed by atoms with Gasteiger partial charge in [0.1, 0.15) is 5.75 Å². The fourth-order valence-electron chi connectivity index (χ4n) is 2.75. The number of para-hydroxylation sites is 1. The Balaban J connectivity index is 1.65. The van der Waals surface area contributed by atoms with Crippen LogP contribution >= 0.6 is 11.8 Å². The van der Waals surface area contributed by atoms with Crippen LogP contribution in [0.2, 0.25) is 0 Å². The van der Waals surface area contributed by atoms with E-state index in [-0.39, 0.29) is 17.4 Å². The Kier molecular flexibility index (Phi) is 6.50. The fraction of sp³-hybridized carbons (Fsp3) is 0.130. The fourth-order valence-corrected chi connectivity index (χ4v) is 3.59. The van der Waals surface area contributed by atoms with Gasteiger partial charge in [-0.1, -0.05) is 35.9 Å². The maximum Gasteiger partial charge on any atom is 0.255 e. The summed E-state index contributed by atoms with van der Waals surface area (Å²) in [4.78, 5) is 25.8. The molecule has 3 rings (SSSR count). The molecule has 0 aliphatic carbocycles. The van der Waals surface area contributed by atoms with E-state index < -0.39 is 0 Å². The zero-order valence-corrected chi connectivity index (χ0v) is 16.6. The van der Waals surface area contributed by atoms with Crippen molar-refractivity contribution in [2.75, 3.05) is 18.2 Å². The Morgan fingerprint density at radius 1 is 0.964 bits per heavy atom. The van der Waals surface area contributed by atoms with Crippen LogP contribution in [0.3, 0.4) is 0 Å². The van der Waals surface area contributed by atoms with Gasteiger partial charge in [-0.15, -0.1) is 11.8 Å². The maximum atomic E-state index is 12.5. The van der Waals surface area contributed by atoms with Crippen LogP contribution < -0.4 is 10.1 Å². The van der Waals surface area contributed by atoms with E-state index in [1.807, 2.05) is 61.5 Å². The molecule has 0 aliphatic heterocycles. The molecule has 1 N–H and O–H groups in total. The summed E-state index contributed by atoms with van der Waals surface area (Å²) in [6.45, 7) is 1.95. The number of nitrogens with one attached hydrogen (secondary N) is 1. The number of benzene rings is 3. The van der Waals surface area contributed by atoms with Crippen LogP contribution in [-0.2, 0) is 0 Å². The van der Waals surface area contributed by atoms with Gasteiger partial charge >= 0.3 is 0 Å². The second-order valence-electron chi connectivity index (χ2n) is 6.26. The predicted molar refractivity (Wildman–Crippen MR) is 114 cm³/mol. The summed E-state index contributed by atoms with van der Waals surface area (Å²) in [6, 6.07) is 22.1. The number of rotatable bonds is 7. The zero-order chi connectivity index (χ0) is 19.9. The molecule has 0 atom stereocenters. The van der Waals surface area contributed by atoms with Crippen LogP contribution in [0.25, 0.3) is 0 Å². The number of carbonyl (C=O) groups is 2. The quantitative estimate of drug-likeness (QED) is 0.442. The van der Waals surface area contributed by atoms with Gasteiger partial charge in [-0.25, -0.2) is 0 Å². The molecule has 3 aromatic rings. The maximum absolute atomic E-state index is 12.5. The lowest BCUT2D eigenvalue weighted by Crippen LogP contribution is -2.12. The third-order valence-electron chi connectivity index (χ3n) is 4.15. The number of aryl methyl sites for hydroxylation is 1. The molecule has 0 aromatic heterocycles. The lowest BCUT2D eigenvalue weighted by molar-refractivity contribution is 0.101. The van der Waals surface area contributed by atoms with Crippen molar-refractivity contribution in [2.45, 2.75) is 11.8 Å². The molecule has 0 saturated heterocycles. The predicted octanol–water partition coefficient (Wildman–Crippen LogP) is 5.23. The Hall–Kier alpha value is -3.05. The van der Waals surface area contributed by atoms with Gasteiger partial charge in [-0.2, -0.15) is 0 Å². The molecule has 28 heavy (non-hydrogen) atoms. The number of ketones is 1. The van der Waals surface area contributed by atoms with Crippen molar-refractivity contribution in [1.29, 1.82) is 0 Å². The van der Waals surface area contributed by atoms with Gasteiger partial charge in [0.15, 0.2) is 5.78 Å². The topological polar surface area (TPSA) is 55.4 Å². The number of hydrogen-bond acceptors (Lipinski definition) is 4. The minimum absolute atomic E-state index is 0.00310. The molecular formula is C23H21NO3S. The normalized spacial score (nSPS) is 10.4. The average Bonchev–Trinajstić information content (AvgIpc) is 2.72. The third-order valence-corrected chi connectivity index (χ3v) is 5.14. The summed E-state index contributed by atoms with van der Waals surface area (Å²) in [5.74, 6) is 0.704. The van der Waals surface area contributed by atoms with Crippen LogP contribution in [0.15, 0.2) is 77.7 Å². The Morgan fingerprint density at radius 2 is 1.75 bits per heavy atom. The summed E-state index contributed by atoms with van der Waals surface area (Å²) in [5, 5.41) is 2.91. The van der Waals surface area contributed by atoms with Gasteiger partial charge in [-0.3, -0.25) is 9.59 Å². The molecule has 1 amide bonds. The Bertz CT molecular complexity index is 1000. The van der Waals surface area contributed by atoms with Crippen molar-refractivity contribution in [3.63, 3.8) is 0 Å². The lowest BCUT2D eigenvalue weighted by atomic mass is 10.1. The number of Topliss-reactive ketones (excluding diaryl/α,β-unsaturated/α-hetero) is 1. The van der Waals surface area contributed by atoms with E-state index in [1.165, 1.54) is 11.8 Å². The van der Waals surface area contributed by atoms with Crippen molar-refractivity contribution >= 4 is 29.1 Å². The molecule has 0 spiro atoms. The van der Waals surface area contributed by atoms with Crippen molar-refractivity contribution < 1.29 is 14.3 Å². The standard InChI is InChI=1S/C23H21NO3S/c1-16-7-5-8-17(13-16)23(26)24-18-9-6-10-19(14-18)28-15-21(25)20-11-3-4-12-22(20)27-2/h3-14H,15H2,1-2H3,(H,24,26). The lowest BCUT2D eigenvalue weighted by Gasteiger charge is -2.09. The highest BCUT2D eigenvalue weighted by molar-refractivity contribution is 8.00. The summed E-state index contributed by atoms with van der Waals surface area (Å²) >= 11 is 1.43. The van der Waals surface area contributed by atoms with Crippen LogP contribution in [0.1, 0.15) is 26.3 Å². The van der Waals surface area contributed by atoms with Crippen LogP contribution in [-0.4, -0.2) is 24.6 Å². The average molecular weight is 391 g/mol. The van der Waals surface area contributed by atoms with E-state index in [0.717, 1.165) is 10.5 Å². The minimum Gasteiger partial charge on any atom is -0.496 e. The monoisotopic (exact) mass is 391 g/mol. The van der Waals surface area contributed by atoms with Gasteiger partial charge in [0, 0.05) is 16.1 Å². The number of thioether (sulfide) groups is 1. The highest BCUT2D eigenvalue weighted by Crippen LogP contribution is 2.25.